The molecule has 0 atom stereocenters. The SMILES string of the molecule is NCc1cc(-c2ccccn2)nn1C1CCCC1. The van der Waals surface area contributed by atoms with E-state index < -0.39 is 0 Å². The maximum atomic E-state index is 5.83. The highest BCUT2D eigenvalue weighted by Crippen LogP contribution is 2.31. The van der Waals surface area contributed by atoms with Gasteiger partial charge in [-0.3, -0.25) is 9.67 Å². The van der Waals surface area contributed by atoms with Crippen LogP contribution in [0.4, 0.5) is 0 Å². The van der Waals surface area contributed by atoms with Crippen LogP contribution in [0.1, 0.15) is 37.4 Å². The van der Waals surface area contributed by atoms with Gasteiger partial charge in [-0.25, -0.2) is 0 Å². The van der Waals surface area contributed by atoms with Crippen molar-refractivity contribution in [3.63, 3.8) is 0 Å². The van der Waals surface area contributed by atoms with Gasteiger partial charge in [-0.1, -0.05) is 18.9 Å². The molecular formula is C14H18N4. The molecule has 0 bridgehead atoms. The maximum Gasteiger partial charge on any atom is 0.111 e. The minimum Gasteiger partial charge on any atom is -0.325 e. The lowest BCUT2D eigenvalue weighted by Crippen LogP contribution is -2.13. The van der Waals surface area contributed by atoms with Crippen LogP contribution >= 0.6 is 0 Å². The summed E-state index contributed by atoms with van der Waals surface area (Å²) in [7, 11) is 0. The van der Waals surface area contributed by atoms with Crippen molar-refractivity contribution in [3.8, 4) is 11.4 Å². The molecule has 1 aliphatic rings. The first-order valence-electron chi connectivity index (χ1n) is 6.58. The van der Waals surface area contributed by atoms with E-state index in [0.29, 0.717) is 12.6 Å². The van der Waals surface area contributed by atoms with Gasteiger partial charge in [-0.05, 0) is 31.0 Å². The zero-order chi connectivity index (χ0) is 12.4. The largest absolute Gasteiger partial charge is 0.325 e. The van der Waals surface area contributed by atoms with Crippen LogP contribution in [0, 0.1) is 0 Å². The van der Waals surface area contributed by atoms with E-state index in [1.54, 1.807) is 6.20 Å². The Morgan fingerprint density at radius 1 is 1.22 bits per heavy atom. The van der Waals surface area contributed by atoms with Gasteiger partial charge in [-0.2, -0.15) is 5.10 Å². The zero-order valence-electron chi connectivity index (χ0n) is 10.4. The molecule has 0 spiro atoms. The summed E-state index contributed by atoms with van der Waals surface area (Å²) < 4.78 is 2.12. The van der Waals surface area contributed by atoms with Gasteiger partial charge in [0.2, 0.25) is 0 Å². The fourth-order valence-corrected chi connectivity index (χ4v) is 2.69. The fourth-order valence-electron chi connectivity index (χ4n) is 2.69. The first-order chi connectivity index (χ1) is 8.88. The topological polar surface area (TPSA) is 56.7 Å². The van der Waals surface area contributed by atoms with Crippen molar-refractivity contribution >= 4 is 0 Å². The van der Waals surface area contributed by atoms with E-state index >= 15 is 0 Å². The van der Waals surface area contributed by atoms with Crippen LogP contribution < -0.4 is 5.73 Å². The molecule has 2 N–H and O–H groups in total. The molecule has 2 heterocycles. The van der Waals surface area contributed by atoms with Gasteiger partial charge in [0.25, 0.3) is 0 Å². The summed E-state index contributed by atoms with van der Waals surface area (Å²) in [5, 5.41) is 4.71. The third-order valence-electron chi connectivity index (χ3n) is 3.62. The Morgan fingerprint density at radius 2 is 2.06 bits per heavy atom. The van der Waals surface area contributed by atoms with E-state index in [2.05, 4.69) is 15.7 Å². The van der Waals surface area contributed by atoms with Crippen molar-refractivity contribution in [2.24, 2.45) is 5.73 Å². The molecule has 0 amide bonds. The molecule has 18 heavy (non-hydrogen) atoms. The molecule has 0 unspecified atom stereocenters. The first-order valence-corrected chi connectivity index (χ1v) is 6.58. The highest BCUT2D eigenvalue weighted by molar-refractivity contribution is 5.54. The molecular weight excluding hydrogens is 224 g/mol. The quantitative estimate of drug-likeness (QED) is 0.899. The molecule has 0 aromatic carbocycles. The molecule has 1 fully saturated rings. The summed E-state index contributed by atoms with van der Waals surface area (Å²) in [4.78, 5) is 4.35. The second-order valence-corrected chi connectivity index (χ2v) is 4.82. The summed E-state index contributed by atoms with van der Waals surface area (Å²) in [5.74, 6) is 0. The van der Waals surface area contributed by atoms with Crippen molar-refractivity contribution in [1.82, 2.24) is 14.8 Å². The van der Waals surface area contributed by atoms with E-state index in [4.69, 9.17) is 10.8 Å². The van der Waals surface area contributed by atoms with Gasteiger partial charge in [0.05, 0.1) is 17.4 Å². The molecule has 4 nitrogen and oxygen atoms in total. The van der Waals surface area contributed by atoms with Gasteiger partial charge in [0, 0.05) is 12.7 Å². The highest BCUT2D eigenvalue weighted by Gasteiger charge is 2.21. The number of nitrogens with two attached hydrogens (primary N) is 1. The normalized spacial score (nSPS) is 16.3. The highest BCUT2D eigenvalue weighted by atomic mass is 15.3. The number of pyridine rings is 1. The zero-order valence-corrected chi connectivity index (χ0v) is 10.4. The van der Waals surface area contributed by atoms with Crippen molar-refractivity contribution < 1.29 is 0 Å². The molecule has 94 valence electrons. The van der Waals surface area contributed by atoms with Crippen LogP contribution in [0.2, 0.25) is 0 Å². The van der Waals surface area contributed by atoms with Crippen molar-refractivity contribution in [1.29, 1.82) is 0 Å². The van der Waals surface area contributed by atoms with Gasteiger partial charge >= 0.3 is 0 Å². The Hall–Kier alpha value is -1.68. The maximum absolute atomic E-state index is 5.83. The lowest BCUT2D eigenvalue weighted by atomic mass is 10.2. The van der Waals surface area contributed by atoms with Crippen LogP contribution in [0.15, 0.2) is 30.5 Å². The lowest BCUT2D eigenvalue weighted by Gasteiger charge is -2.12. The predicted molar refractivity (Wildman–Crippen MR) is 70.9 cm³/mol. The lowest BCUT2D eigenvalue weighted by molar-refractivity contribution is 0.451. The Morgan fingerprint density at radius 3 is 2.72 bits per heavy atom. The first kappa shape index (κ1) is 11.4. The van der Waals surface area contributed by atoms with Gasteiger partial charge in [0.1, 0.15) is 5.69 Å². The second kappa shape index (κ2) is 4.90. The van der Waals surface area contributed by atoms with Crippen LogP contribution in [-0.2, 0) is 6.54 Å². The molecule has 1 aliphatic carbocycles. The molecule has 2 aromatic heterocycles. The molecule has 0 aliphatic heterocycles. The molecule has 0 saturated heterocycles. The fraction of sp³-hybridized carbons (Fsp3) is 0.429. The van der Waals surface area contributed by atoms with Crippen molar-refractivity contribution in [3.05, 3.63) is 36.2 Å². The van der Waals surface area contributed by atoms with E-state index in [1.165, 1.54) is 25.7 Å². The summed E-state index contributed by atoms with van der Waals surface area (Å²) in [5.41, 5.74) is 8.80. The molecule has 1 saturated carbocycles. The minimum atomic E-state index is 0.529. The average Bonchev–Trinajstić information content (AvgIpc) is 3.08. The second-order valence-electron chi connectivity index (χ2n) is 4.82. The Labute approximate surface area is 107 Å². The number of aromatic nitrogens is 3. The Kier molecular flexibility index (Phi) is 3.11. The monoisotopic (exact) mass is 242 g/mol. The van der Waals surface area contributed by atoms with Crippen LogP contribution in [-0.4, -0.2) is 14.8 Å². The van der Waals surface area contributed by atoms with Gasteiger partial charge in [0.15, 0.2) is 0 Å². The summed E-state index contributed by atoms with van der Waals surface area (Å²) in [6.07, 6.45) is 6.83. The summed E-state index contributed by atoms with van der Waals surface area (Å²) >= 11 is 0. The summed E-state index contributed by atoms with van der Waals surface area (Å²) in [6.45, 7) is 0.538. The van der Waals surface area contributed by atoms with Gasteiger partial charge < -0.3 is 5.73 Å². The van der Waals surface area contributed by atoms with Gasteiger partial charge in [-0.15, -0.1) is 0 Å². The average molecular weight is 242 g/mol. The molecule has 4 heteroatoms. The number of hydrogen-bond donors (Lipinski definition) is 1. The third-order valence-corrected chi connectivity index (χ3v) is 3.62. The number of nitrogens with zero attached hydrogens (tertiary/aromatic N) is 3. The minimum absolute atomic E-state index is 0.529. The van der Waals surface area contributed by atoms with E-state index in [1.807, 2.05) is 18.2 Å². The van der Waals surface area contributed by atoms with E-state index in [0.717, 1.165) is 17.1 Å². The molecule has 0 radical (unpaired) electrons. The summed E-state index contributed by atoms with van der Waals surface area (Å²) in [6, 6.07) is 8.49. The van der Waals surface area contributed by atoms with Crippen LogP contribution in [0.5, 0.6) is 0 Å². The van der Waals surface area contributed by atoms with E-state index in [9.17, 15) is 0 Å². The van der Waals surface area contributed by atoms with E-state index in [-0.39, 0.29) is 0 Å². The number of hydrogen-bond acceptors (Lipinski definition) is 3. The third kappa shape index (κ3) is 2.04. The van der Waals surface area contributed by atoms with Crippen molar-refractivity contribution in [2.45, 2.75) is 38.3 Å². The molecule has 3 rings (SSSR count). The van der Waals surface area contributed by atoms with Crippen LogP contribution in [0.25, 0.3) is 11.4 Å². The van der Waals surface area contributed by atoms with Crippen LogP contribution in [0.3, 0.4) is 0 Å². The standard InChI is InChI=1S/C14H18N4/c15-10-12-9-14(13-7-3-4-8-16-13)17-18(12)11-5-1-2-6-11/h3-4,7-9,11H,1-2,5-6,10,15H2. The number of rotatable bonds is 3. The Balaban J connectivity index is 1.97. The smallest absolute Gasteiger partial charge is 0.111 e. The Bertz CT molecular complexity index is 512. The molecule has 2 aromatic rings. The van der Waals surface area contributed by atoms with Crippen molar-refractivity contribution in [2.75, 3.05) is 0 Å². The predicted octanol–water partition coefficient (Wildman–Crippen LogP) is 2.52.